The predicted octanol–water partition coefficient (Wildman–Crippen LogP) is 4.32. The molecule has 0 saturated carbocycles. The third-order valence-corrected chi connectivity index (χ3v) is 3.75. The molecule has 108 valence electrons. The molecule has 0 N–H and O–H groups in total. The summed E-state index contributed by atoms with van der Waals surface area (Å²) in [6.45, 7) is 11.3. The maximum absolute atomic E-state index is 6.07. The van der Waals surface area contributed by atoms with Crippen LogP contribution in [-0.2, 0) is 21.5 Å². The van der Waals surface area contributed by atoms with E-state index in [1.165, 1.54) is 11.1 Å². The van der Waals surface area contributed by atoms with E-state index in [4.69, 9.17) is 9.47 Å². The summed E-state index contributed by atoms with van der Waals surface area (Å²) >= 11 is 0. The second-order valence-electron chi connectivity index (χ2n) is 6.13. The molecule has 19 heavy (non-hydrogen) atoms. The van der Waals surface area contributed by atoms with Crippen LogP contribution in [0.5, 0.6) is 0 Å². The second-order valence-corrected chi connectivity index (χ2v) is 6.13. The minimum absolute atomic E-state index is 0.124. The zero-order valence-electron chi connectivity index (χ0n) is 13.2. The summed E-state index contributed by atoms with van der Waals surface area (Å²) in [6, 6.07) is 8.65. The first-order chi connectivity index (χ1) is 8.80. The van der Waals surface area contributed by atoms with Crippen LogP contribution in [0, 0.1) is 0 Å². The third kappa shape index (κ3) is 4.96. The maximum Gasteiger partial charge on any atom is 0.0875 e. The van der Waals surface area contributed by atoms with Gasteiger partial charge in [0.25, 0.3) is 0 Å². The Kier molecular flexibility index (Phi) is 5.57. The van der Waals surface area contributed by atoms with Crippen molar-refractivity contribution in [3.8, 4) is 0 Å². The van der Waals surface area contributed by atoms with E-state index in [1.807, 2.05) is 0 Å². The fraction of sp³-hybridized carbons (Fsp3) is 0.647. The molecule has 0 heterocycles. The van der Waals surface area contributed by atoms with Crippen LogP contribution in [-0.4, -0.2) is 19.3 Å². The van der Waals surface area contributed by atoms with Crippen LogP contribution in [0.3, 0.4) is 0 Å². The van der Waals surface area contributed by atoms with E-state index in [0.29, 0.717) is 6.61 Å². The highest BCUT2D eigenvalue weighted by atomic mass is 16.5. The quantitative estimate of drug-likeness (QED) is 0.730. The van der Waals surface area contributed by atoms with Gasteiger partial charge in [0.1, 0.15) is 0 Å². The number of methoxy groups -OCH3 is 1. The van der Waals surface area contributed by atoms with Crippen molar-refractivity contribution in [3.63, 3.8) is 0 Å². The van der Waals surface area contributed by atoms with Crippen LogP contribution in [0.1, 0.15) is 52.2 Å². The van der Waals surface area contributed by atoms with Crippen LogP contribution in [0.25, 0.3) is 0 Å². The lowest BCUT2D eigenvalue weighted by Gasteiger charge is -2.29. The molecule has 0 aliphatic carbocycles. The Morgan fingerprint density at radius 1 is 1.11 bits per heavy atom. The molecule has 0 aliphatic rings. The molecular formula is C17H28O2. The van der Waals surface area contributed by atoms with Gasteiger partial charge in [-0.15, -0.1) is 0 Å². The number of hydrogen-bond acceptors (Lipinski definition) is 2. The zero-order chi connectivity index (χ0) is 14.5. The van der Waals surface area contributed by atoms with Gasteiger partial charge in [0.05, 0.1) is 17.8 Å². The van der Waals surface area contributed by atoms with Crippen molar-refractivity contribution in [1.29, 1.82) is 0 Å². The fourth-order valence-electron chi connectivity index (χ4n) is 1.90. The van der Waals surface area contributed by atoms with Crippen molar-refractivity contribution in [2.75, 3.05) is 13.7 Å². The summed E-state index contributed by atoms with van der Waals surface area (Å²) in [7, 11) is 1.75. The molecule has 2 nitrogen and oxygen atoms in total. The van der Waals surface area contributed by atoms with Crippen molar-refractivity contribution in [3.05, 3.63) is 35.4 Å². The number of aryl methyl sites for hydroxylation is 1. The van der Waals surface area contributed by atoms with Gasteiger partial charge in [0, 0.05) is 7.11 Å². The molecule has 0 spiro atoms. The summed E-state index contributed by atoms with van der Waals surface area (Å²) in [6.07, 6.45) is 1.95. The highest BCUT2D eigenvalue weighted by Gasteiger charge is 2.23. The maximum atomic E-state index is 6.07. The molecule has 0 fully saturated rings. The van der Waals surface area contributed by atoms with E-state index in [1.54, 1.807) is 7.11 Å². The zero-order valence-corrected chi connectivity index (χ0v) is 13.2. The van der Waals surface area contributed by atoms with E-state index in [0.717, 1.165) is 12.8 Å². The summed E-state index contributed by atoms with van der Waals surface area (Å²) in [5.74, 6) is 0. The van der Waals surface area contributed by atoms with Crippen molar-refractivity contribution < 1.29 is 9.47 Å². The number of ether oxygens (including phenoxy) is 2. The fourth-order valence-corrected chi connectivity index (χ4v) is 1.90. The molecule has 1 rings (SSSR count). The Morgan fingerprint density at radius 2 is 1.79 bits per heavy atom. The molecule has 0 bridgehead atoms. The van der Waals surface area contributed by atoms with Gasteiger partial charge < -0.3 is 9.47 Å². The Hall–Kier alpha value is -0.860. The number of hydrogen-bond donors (Lipinski definition) is 0. The van der Waals surface area contributed by atoms with Crippen LogP contribution >= 0.6 is 0 Å². The summed E-state index contributed by atoms with van der Waals surface area (Å²) in [5.41, 5.74) is 2.21. The first-order valence-electron chi connectivity index (χ1n) is 7.09. The molecule has 0 atom stereocenters. The molecule has 0 radical (unpaired) electrons. The highest BCUT2D eigenvalue weighted by molar-refractivity contribution is 5.27. The first kappa shape index (κ1) is 16.2. The minimum Gasteiger partial charge on any atom is -0.379 e. The standard InChI is InChI=1S/C17H28O2/c1-7-14-9-8-10-15(13-14)17(4,5)19-12-11-16(2,3)18-6/h8-10,13H,7,11-12H2,1-6H3. The van der Waals surface area contributed by atoms with Gasteiger partial charge in [-0.05, 0) is 51.7 Å². The topological polar surface area (TPSA) is 18.5 Å². The molecule has 0 amide bonds. The molecule has 2 heteroatoms. The van der Waals surface area contributed by atoms with Crippen LogP contribution in [0.15, 0.2) is 24.3 Å². The normalized spacial score (nSPS) is 12.7. The SMILES string of the molecule is CCc1cccc(C(C)(C)OCCC(C)(C)OC)c1. The molecule has 1 aromatic carbocycles. The van der Waals surface area contributed by atoms with Gasteiger partial charge in [-0.1, -0.05) is 31.2 Å². The second kappa shape index (κ2) is 6.53. The predicted molar refractivity (Wildman–Crippen MR) is 80.5 cm³/mol. The van der Waals surface area contributed by atoms with Crippen LogP contribution in [0.2, 0.25) is 0 Å². The molecule has 0 saturated heterocycles. The molecular weight excluding hydrogens is 236 g/mol. The Morgan fingerprint density at radius 3 is 2.37 bits per heavy atom. The Labute approximate surface area is 118 Å². The van der Waals surface area contributed by atoms with E-state index in [-0.39, 0.29) is 11.2 Å². The van der Waals surface area contributed by atoms with Crippen LogP contribution < -0.4 is 0 Å². The van der Waals surface area contributed by atoms with E-state index in [2.05, 4.69) is 58.9 Å². The Balaban J connectivity index is 2.64. The lowest BCUT2D eigenvalue weighted by molar-refractivity contribution is -0.0610. The lowest BCUT2D eigenvalue weighted by atomic mass is 9.95. The highest BCUT2D eigenvalue weighted by Crippen LogP contribution is 2.26. The van der Waals surface area contributed by atoms with Gasteiger partial charge in [-0.2, -0.15) is 0 Å². The number of rotatable bonds is 7. The summed E-state index contributed by atoms with van der Waals surface area (Å²) < 4.78 is 11.5. The van der Waals surface area contributed by atoms with Crippen molar-refractivity contribution >= 4 is 0 Å². The smallest absolute Gasteiger partial charge is 0.0875 e. The Bertz CT molecular complexity index is 394. The average Bonchev–Trinajstić information content (AvgIpc) is 2.38. The van der Waals surface area contributed by atoms with E-state index >= 15 is 0 Å². The van der Waals surface area contributed by atoms with Gasteiger partial charge in [0.2, 0.25) is 0 Å². The van der Waals surface area contributed by atoms with Crippen molar-refractivity contribution in [1.82, 2.24) is 0 Å². The van der Waals surface area contributed by atoms with Gasteiger partial charge >= 0.3 is 0 Å². The van der Waals surface area contributed by atoms with Gasteiger partial charge in [-0.25, -0.2) is 0 Å². The third-order valence-electron chi connectivity index (χ3n) is 3.75. The molecule has 0 unspecified atom stereocenters. The van der Waals surface area contributed by atoms with Crippen molar-refractivity contribution in [2.45, 2.75) is 58.7 Å². The summed E-state index contributed by atoms with van der Waals surface area (Å²) in [4.78, 5) is 0. The van der Waals surface area contributed by atoms with Crippen molar-refractivity contribution in [2.24, 2.45) is 0 Å². The number of benzene rings is 1. The van der Waals surface area contributed by atoms with E-state index in [9.17, 15) is 0 Å². The van der Waals surface area contributed by atoms with Gasteiger partial charge in [-0.3, -0.25) is 0 Å². The molecule has 1 aromatic rings. The lowest BCUT2D eigenvalue weighted by Crippen LogP contribution is -2.28. The minimum atomic E-state index is -0.255. The monoisotopic (exact) mass is 264 g/mol. The van der Waals surface area contributed by atoms with E-state index < -0.39 is 0 Å². The van der Waals surface area contributed by atoms with Crippen LogP contribution in [0.4, 0.5) is 0 Å². The first-order valence-corrected chi connectivity index (χ1v) is 7.09. The van der Waals surface area contributed by atoms with Gasteiger partial charge in [0.15, 0.2) is 0 Å². The largest absolute Gasteiger partial charge is 0.379 e. The molecule has 0 aliphatic heterocycles. The molecule has 0 aromatic heterocycles. The average molecular weight is 264 g/mol. The summed E-state index contributed by atoms with van der Waals surface area (Å²) in [5, 5.41) is 0.